The molecule has 1 saturated heterocycles. The van der Waals surface area contributed by atoms with Crippen molar-refractivity contribution in [2.45, 2.75) is 32.4 Å². The maximum Gasteiger partial charge on any atom is 0.391 e. The minimum Gasteiger partial charge on any atom is -0.478 e. The van der Waals surface area contributed by atoms with Crippen LogP contribution in [0.4, 0.5) is 13.2 Å². The van der Waals surface area contributed by atoms with Crippen molar-refractivity contribution in [3.8, 4) is 0 Å². The first-order chi connectivity index (χ1) is 8.34. The lowest BCUT2D eigenvalue weighted by molar-refractivity contribution is -0.184. The highest BCUT2D eigenvalue weighted by atomic mass is 19.4. The molecular formula is C12H18F3NO2. The van der Waals surface area contributed by atoms with Crippen LogP contribution < -0.4 is 0 Å². The fourth-order valence-electron chi connectivity index (χ4n) is 2.07. The number of hydrogen-bond donors (Lipinski definition) is 1. The van der Waals surface area contributed by atoms with Crippen LogP contribution in [0.3, 0.4) is 0 Å². The standard InChI is InChI=1S/C12H18F3NO2/c1-2-9(11(17)18)3-6-16-7-4-10(5-8-16)12(13,14)15/h3,10H,2,4-8H2,1H3,(H,17,18). The molecule has 3 nitrogen and oxygen atoms in total. The molecule has 0 amide bonds. The topological polar surface area (TPSA) is 40.5 Å². The molecule has 0 radical (unpaired) electrons. The summed E-state index contributed by atoms with van der Waals surface area (Å²) >= 11 is 0. The summed E-state index contributed by atoms with van der Waals surface area (Å²) in [4.78, 5) is 12.6. The van der Waals surface area contributed by atoms with Crippen LogP contribution in [0.15, 0.2) is 11.6 Å². The average Bonchev–Trinajstić information content (AvgIpc) is 2.29. The number of piperidine rings is 1. The first kappa shape index (κ1) is 15.0. The van der Waals surface area contributed by atoms with E-state index in [4.69, 9.17) is 5.11 Å². The molecule has 1 aliphatic rings. The van der Waals surface area contributed by atoms with Crippen molar-refractivity contribution in [3.05, 3.63) is 11.6 Å². The van der Waals surface area contributed by atoms with E-state index in [2.05, 4.69) is 0 Å². The van der Waals surface area contributed by atoms with Crippen LogP contribution in [-0.2, 0) is 4.79 Å². The lowest BCUT2D eigenvalue weighted by Gasteiger charge is -2.32. The second kappa shape index (κ2) is 6.22. The van der Waals surface area contributed by atoms with E-state index >= 15 is 0 Å². The van der Waals surface area contributed by atoms with Gasteiger partial charge in [-0.15, -0.1) is 0 Å². The molecule has 1 aliphatic heterocycles. The van der Waals surface area contributed by atoms with Crippen LogP contribution in [0.1, 0.15) is 26.2 Å². The van der Waals surface area contributed by atoms with Crippen LogP contribution in [0.5, 0.6) is 0 Å². The number of hydrogen-bond acceptors (Lipinski definition) is 2. The van der Waals surface area contributed by atoms with Crippen LogP contribution in [-0.4, -0.2) is 41.8 Å². The van der Waals surface area contributed by atoms with Crippen LogP contribution in [0, 0.1) is 5.92 Å². The number of halogens is 3. The number of carboxylic acids is 1. The van der Waals surface area contributed by atoms with E-state index in [0.29, 0.717) is 31.6 Å². The van der Waals surface area contributed by atoms with Gasteiger partial charge in [-0.3, -0.25) is 4.90 Å². The monoisotopic (exact) mass is 265 g/mol. The molecule has 6 heteroatoms. The van der Waals surface area contributed by atoms with Gasteiger partial charge in [-0.05, 0) is 32.4 Å². The van der Waals surface area contributed by atoms with Gasteiger partial charge in [0.2, 0.25) is 0 Å². The van der Waals surface area contributed by atoms with Gasteiger partial charge in [-0.1, -0.05) is 13.0 Å². The highest BCUT2D eigenvalue weighted by molar-refractivity contribution is 5.86. The van der Waals surface area contributed by atoms with E-state index in [1.54, 1.807) is 13.0 Å². The molecule has 0 atom stereocenters. The number of alkyl halides is 3. The average molecular weight is 265 g/mol. The molecule has 0 unspecified atom stereocenters. The minimum absolute atomic E-state index is 0.103. The highest BCUT2D eigenvalue weighted by Crippen LogP contribution is 2.33. The zero-order valence-electron chi connectivity index (χ0n) is 10.3. The van der Waals surface area contributed by atoms with Gasteiger partial charge in [-0.25, -0.2) is 4.79 Å². The summed E-state index contributed by atoms with van der Waals surface area (Å²) in [5, 5.41) is 8.82. The molecule has 1 N–H and O–H groups in total. The Balaban J connectivity index is 2.43. The zero-order chi connectivity index (χ0) is 13.8. The maximum atomic E-state index is 12.4. The third kappa shape index (κ3) is 4.33. The number of rotatable bonds is 4. The van der Waals surface area contributed by atoms with Gasteiger partial charge >= 0.3 is 12.1 Å². The van der Waals surface area contributed by atoms with E-state index < -0.39 is 18.1 Å². The van der Waals surface area contributed by atoms with Gasteiger partial charge in [0.15, 0.2) is 0 Å². The van der Waals surface area contributed by atoms with E-state index in [9.17, 15) is 18.0 Å². The van der Waals surface area contributed by atoms with Crippen molar-refractivity contribution in [1.82, 2.24) is 4.90 Å². The zero-order valence-corrected chi connectivity index (χ0v) is 10.3. The Morgan fingerprint density at radius 2 is 1.94 bits per heavy atom. The molecular weight excluding hydrogens is 247 g/mol. The molecule has 0 aliphatic carbocycles. The molecule has 0 bridgehead atoms. The van der Waals surface area contributed by atoms with Gasteiger partial charge in [0.25, 0.3) is 0 Å². The molecule has 0 aromatic rings. The lowest BCUT2D eigenvalue weighted by atomic mass is 9.96. The van der Waals surface area contributed by atoms with Crippen LogP contribution >= 0.6 is 0 Å². The molecule has 1 rings (SSSR count). The molecule has 104 valence electrons. The maximum absolute atomic E-state index is 12.4. The Labute approximate surface area is 104 Å². The molecule has 1 heterocycles. The van der Waals surface area contributed by atoms with E-state index in [1.807, 2.05) is 4.90 Å². The van der Waals surface area contributed by atoms with Gasteiger partial charge < -0.3 is 5.11 Å². The van der Waals surface area contributed by atoms with Gasteiger partial charge in [-0.2, -0.15) is 13.2 Å². The Hall–Kier alpha value is -1.04. The van der Waals surface area contributed by atoms with Crippen molar-refractivity contribution < 1.29 is 23.1 Å². The Bertz CT molecular complexity index is 318. The summed E-state index contributed by atoms with van der Waals surface area (Å²) in [6.45, 7) is 2.91. The summed E-state index contributed by atoms with van der Waals surface area (Å²) in [7, 11) is 0. The summed E-state index contributed by atoms with van der Waals surface area (Å²) in [6.07, 6.45) is -1.88. The summed E-state index contributed by atoms with van der Waals surface area (Å²) in [6, 6.07) is 0. The fraction of sp³-hybridized carbons (Fsp3) is 0.750. The largest absolute Gasteiger partial charge is 0.478 e. The van der Waals surface area contributed by atoms with Crippen molar-refractivity contribution >= 4 is 5.97 Å². The second-order valence-electron chi connectivity index (χ2n) is 4.50. The first-order valence-electron chi connectivity index (χ1n) is 6.06. The Kier molecular flexibility index (Phi) is 5.19. The second-order valence-corrected chi connectivity index (χ2v) is 4.50. The Morgan fingerprint density at radius 3 is 2.33 bits per heavy atom. The molecule has 0 aromatic carbocycles. The minimum atomic E-state index is -4.10. The third-order valence-corrected chi connectivity index (χ3v) is 3.30. The molecule has 18 heavy (non-hydrogen) atoms. The van der Waals surface area contributed by atoms with E-state index in [0.717, 1.165) is 0 Å². The summed E-state index contributed by atoms with van der Waals surface area (Å²) < 4.78 is 37.3. The lowest BCUT2D eigenvalue weighted by Crippen LogP contribution is -2.39. The van der Waals surface area contributed by atoms with Crippen LogP contribution in [0.2, 0.25) is 0 Å². The van der Waals surface area contributed by atoms with Gasteiger partial charge in [0.1, 0.15) is 0 Å². The first-order valence-corrected chi connectivity index (χ1v) is 6.06. The third-order valence-electron chi connectivity index (χ3n) is 3.30. The number of likely N-dealkylation sites (tertiary alicyclic amines) is 1. The van der Waals surface area contributed by atoms with Crippen LogP contribution in [0.25, 0.3) is 0 Å². The predicted octanol–water partition coefficient (Wildman–Crippen LogP) is 2.68. The quantitative estimate of drug-likeness (QED) is 0.794. The summed E-state index contributed by atoms with van der Waals surface area (Å²) in [5.41, 5.74) is 0.313. The predicted molar refractivity (Wildman–Crippen MR) is 61.2 cm³/mol. The van der Waals surface area contributed by atoms with Gasteiger partial charge in [0, 0.05) is 12.1 Å². The number of carbonyl (C=O) groups is 1. The smallest absolute Gasteiger partial charge is 0.391 e. The number of nitrogens with zero attached hydrogens (tertiary/aromatic N) is 1. The number of carboxylic acid groups (broad SMARTS) is 1. The van der Waals surface area contributed by atoms with E-state index in [1.165, 1.54) is 0 Å². The van der Waals surface area contributed by atoms with Gasteiger partial charge in [0.05, 0.1) is 5.92 Å². The van der Waals surface area contributed by atoms with Crippen molar-refractivity contribution in [3.63, 3.8) is 0 Å². The van der Waals surface area contributed by atoms with E-state index in [-0.39, 0.29) is 12.8 Å². The normalized spacial score (nSPS) is 20.1. The van der Waals surface area contributed by atoms with Crippen molar-refractivity contribution in [2.75, 3.05) is 19.6 Å². The SMILES string of the molecule is CCC(=CCN1CCC(C(F)(F)F)CC1)C(=O)O. The molecule has 0 spiro atoms. The Morgan fingerprint density at radius 1 is 1.39 bits per heavy atom. The molecule has 1 fully saturated rings. The number of aliphatic carboxylic acids is 1. The molecule has 0 saturated carbocycles. The van der Waals surface area contributed by atoms with Crippen molar-refractivity contribution in [2.24, 2.45) is 5.92 Å². The fourth-order valence-corrected chi connectivity index (χ4v) is 2.07. The van der Waals surface area contributed by atoms with Crippen molar-refractivity contribution in [1.29, 1.82) is 0 Å². The summed E-state index contributed by atoms with van der Waals surface area (Å²) in [5.74, 6) is -2.16. The molecule has 0 aromatic heterocycles. The highest BCUT2D eigenvalue weighted by Gasteiger charge is 2.40.